The summed E-state index contributed by atoms with van der Waals surface area (Å²) >= 11 is 12.7. The number of hydrogen-bond donors (Lipinski definition) is 1. The molecule has 0 fully saturated rings. The number of carbonyl (C=O) groups is 2. The maximum absolute atomic E-state index is 13.4. The summed E-state index contributed by atoms with van der Waals surface area (Å²) in [4.78, 5) is 27.7. The van der Waals surface area contributed by atoms with Crippen molar-refractivity contribution in [2.75, 3.05) is 17.4 Å². The van der Waals surface area contributed by atoms with Crippen LogP contribution in [0.3, 0.4) is 0 Å². The van der Waals surface area contributed by atoms with Gasteiger partial charge in [-0.3, -0.25) is 13.9 Å². The van der Waals surface area contributed by atoms with Crippen LogP contribution in [0.4, 0.5) is 5.69 Å². The molecule has 3 aromatic rings. The van der Waals surface area contributed by atoms with Gasteiger partial charge in [-0.25, -0.2) is 8.42 Å². The van der Waals surface area contributed by atoms with Crippen LogP contribution in [0.5, 0.6) is 0 Å². The topological polar surface area (TPSA) is 86.8 Å². The molecule has 0 bridgehead atoms. The van der Waals surface area contributed by atoms with Crippen molar-refractivity contribution in [3.8, 4) is 0 Å². The number of rotatable bonds is 9. The normalized spacial score (nSPS) is 14.6. The molecule has 1 heterocycles. The summed E-state index contributed by atoms with van der Waals surface area (Å²) in [5, 5.41) is 5.10. The Bertz CT molecular complexity index is 1400. The van der Waals surface area contributed by atoms with Crippen LogP contribution in [-0.4, -0.2) is 44.3 Å². The standard InChI is InChI=1S/C26H27Cl2N3O4S/c1-3-29-26(33)17(2)30(16-19-20(27)10-6-11-21(19)28)24(32)14-7-15-31-22-12-4-8-18-9-5-13-23(25(18)22)36(31,34)35/h4-6,8-13,17H,3,7,14-16H2,1-2H3,(H,29,33)/t17-/m1/s1. The van der Waals surface area contributed by atoms with Gasteiger partial charge in [0.1, 0.15) is 6.04 Å². The van der Waals surface area contributed by atoms with Crippen LogP contribution < -0.4 is 9.62 Å². The van der Waals surface area contributed by atoms with Gasteiger partial charge < -0.3 is 10.2 Å². The van der Waals surface area contributed by atoms with E-state index in [1.165, 1.54) is 9.21 Å². The number of amides is 2. The van der Waals surface area contributed by atoms with Crippen molar-refractivity contribution in [1.82, 2.24) is 10.2 Å². The van der Waals surface area contributed by atoms with Crippen LogP contribution in [0, 0.1) is 0 Å². The van der Waals surface area contributed by atoms with E-state index in [0.717, 1.165) is 5.39 Å². The minimum Gasteiger partial charge on any atom is -0.355 e. The zero-order valence-electron chi connectivity index (χ0n) is 20.0. The zero-order chi connectivity index (χ0) is 26.0. The molecule has 2 amide bonds. The summed E-state index contributed by atoms with van der Waals surface area (Å²) in [5.41, 5.74) is 1.17. The van der Waals surface area contributed by atoms with Crippen LogP contribution in [0.2, 0.25) is 10.0 Å². The van der Waals surface area contributed by atoms with Gasteiger partial charge in [-0.1, -0.05) is 53.5 Å². The monoisotopic (exact) mass is 547 g/mol. The van der Waals surface area contributed by atoms with E-state index in [9.17, 15) is 18.0 Å². The number of nitrogens with one attached hydrogen (secondary N) is 1. The van der Waals surface area contributed by atoms with E-state index < -0.39 is 16.1 Å². The predicted octanol–water partition coefficient (Wildman–Crippen LogP) is 4.99. The molecule has 0 saturated carbocycles. The van der Waals surface area contributed by atoms with Crippen molar-refractivity contribution in [2.24, 2.45) is 0 Å². The Morgan fingerprint density at radius 2 is 1.67 bits per heavy atom. The molecule has 36 heavy (non-hydrogen) atoms. The Morgan fingerprint density at radius 3 is 2.33 bits per heavy atom. The molecular formula is C26H27Cl2N3O4S. The number of benzene rings is 3. The largest absolute Gasteiger partial charge is 0.355 e. The molecule has 0 radical (unpaired) electrons. The highest BCUT2D eigenvalue weighted by atomic mass is 35.5. The Balaban J connectivity index is 1.52. The van der Waals surface area contributed by atoms with E-state index in [-0.39, 0.29) is 42.6 Å². The van der Waals surface area contributed by atoms with E-state index in [4.69, 9.17) is 23.2 Å². The van der Waals surface area contributed by atoms with E-state index in [1.807, 2.05) is 18.2 Å². The Morgan fingerprint density at radius 1 is 1.03 bits per heavy atom. The van der Waals surface area contributed by atoms with Crippen molar-refractivity contribution in [3.05, 3.63) is 70.2 Å². The molecular weight excluding hydrogens is 521 g/mol. The van der Waals surface area contributed by atoms with Gasteiger partial charge in [-0.15, -0.1) is 0 Å². The molecule has 7 nitrogen and oxygen atoms in total. The lowest BCUT2D eigenvalue weighted by Crippen LogP contribution is -2.47. The molecule has 3 aromatic carbocycles. The van der Waals surface area contributed by atoms with Gasteiger partial charge in [-0.2, -0.15) is 0 Å². The number of anilines is 1. The fraction of sp³-hybridized carbons (Fsp3) is 0.308. The summed E-state index contributed by atoms with van der Waals surface area (Å²) in [6, 6.07) is 15.0. The fourth-order valence-electron chi connectivity index (χ4n) is 4.47. The Kier molecular flexibility index (Phi) is 7.78. The molecule has 190 valence electrons. The summed E-state index contributed by atoms with van der Waals surface area (Å²) < 4.78 is 27.8. The third-order valence-electron chi connectivity index (χ3n) is 6.34. The molecule has 0 aromatic heterocycles. The second kappa shape index (κ2) is 10.7. The number of halogens is 2. The fourth-order valence-corrected chi connectivity index (χ4v) is 6.74. The molecule has 0 spiro atoms. The molecule has 1 aliphatic heterocycles. The van der Waals surface area contributed by atoms with Gasteiger partial charge >= 0.3 is 0 Å². The van der Waals surface area contributed by atoms with E-state index in [0.29, 0.717) is 33.2 Å². The van der Waals surface area contributed by atoms with Crippen LogP contribution in [0.1, 0.15) is 32.3 Å². The molecule has 0 aliphatic carbocycles. The van der Waals surface area contributed by atoms with Gasteiger partial charge in [-0.05, 0) is 49.9 Å². The molecule has 1 N–H and O–H groups in total. The van der Waals surface area contributed by atoms with Crippen LogP contribution >= 0.6 is 23.2 Å². The highest BCUT2D eigenvalue weighted by molar-refractivity contribution is 7.93. The maximum atomic E-state index is 13.4. The Hall–Kier alpha value is -2.81. The summed E-state index contributed by atoms with van der Waals surface area (Å²) in [7, 11) is -3.70. The number of likely N-dealkylation sites (N-methyl/N-ethyl adjacent to an activating group) is 1. The third kappa shape index (κ3) is 4.90. The van der Waals surface area contributed by atoms with Crippen molar-refractivity contribution in [3.63, 3.8) is 0 Å². The van der Waals surface area contributed by atoms with Crippen molar-refractivity contribution in [1.29, 1.82) is 0 Å². The third-order valence-corrected chi connectivity index (χ3v) is 8.91. The number of hydrogen-bond acceptors (Lipinski definition) is 4. The lowest BCUT2D eigenvalue weighted by atomic mass is 10.1. The maximum Gasteiger partial charge on any atom is 0.265 e. The molecule has 0 unspecified atom stereocenters. The molecule has 1 aliphatic rings. The number of nitrogens with zero attached hydrogens (tertiary/aromatic N) is 2. The second-order valence-electron chi connectivity index (χ2n) is 8.60. The van der Waals surface area contributed by atoms with Gasteiger partial charge in [0.05, 0.1) is 10.6 Å². The van der Waals surface area contributed by atoms with Gasteiger partial charge in [0.15, 0.2) is 0 Å². The van der Waals surface area contributed by atoms with E-state index in [1.54, 1.807) is 50.2 Å². The summed E-state index contributed by atoms with van der Waals surface area (Å²) in [6.07, 6.45) is 0.321. The highest BCUT2D eigenvalue weighted by Crippen LogP contribution is 2.42. The highest BCUT2D eigenvalue weighted by Gasteiger charge is 2.35. The van der Waals surface area contributed by atoms with E-state index in [2.05, 4.69) is 5.32 Å². The second-order valence-corrected chi connectivity index (χ2v) is 11.2. The first-order valence-corrected chi connectivity index (χ1v) is 13.9. The van der Waals surface area contributed by atoms with Crippen molar-refractivity contribution >= 4 is 61.5 Å². The average Bonchev–Trinajstić information content (AvgIpc) is 3.06. The lowest BCUT2D eigenvalue weighted by Gasteiger charge is -2.29. The molecule has 10 heteroatoms. The average molecular weight is 548 g/mol. The van der Waals surface area contributed by atoms with Gasteiger partial charge in [0.2, 0.25) is 11.8 Å². The van der Waals surface area contributed by atoms with Crippen LogP contribution in [-0.2, 0) is 26.2 Å². The number of carbonyl (C=O) groups excluding carboxylic acids is 2. The summed E-state index contributed by atoms with van der Waals surface area (Å²) in [5.74, 6) is -0.588. The molecule has 4 rings (SSSR count). The SMILES string of the molecule is CCNC(=O)[C@@H](C)N(Cc1c(Cl)cccc1Cl)C(=O)CCCN1c2cccc3cccc(c23)S1(=O)=O. The summed E-state index contributed by atoms with van der Waals surface area (Å²) in [6.45, 7) is 4.07. The first-order valence-electron chi connectivity index (χ1n) is 11.7. The van der Waals surface area contributed by atoms with Gasteiger partial charge in [0.25, 0.3) is 10.0 Å². The first-order chi connectivity index (χ1) is 17.2. The molecule has 0 saturated heterocycles. The Labute approximate surface area is 221 Å². The van der Waals surface area contributed by atoms with Crippen molar-refractivity contribution < 1.29 is 18.0 Å². The van der Waals surface area contributed by atoms with Crippen LogP contribution in [0.25, 0.3) is 10.8 Å². The quantitative estimate of drug-likeness (QED) is 0.408. The first kappa shape index (κ1) is 26.3. The van der Waals surface area contributed by atoms with Crippen molar-refractivity contribution in [2.45, 2.75) is 44.2 Å². The number of sulfonamides is 1. The predicted molar refractivity (Wildman–Crippen MR) is 143 cm³/mol. The minimum absolute atomic E-state index is 0.0458. The van der Waals surface area contributed by atoms with E-state index >= 15 is 0 Å². The lowest BCUT2D eigenvalue weighted by molar-refractivity contribution is -0.140. The molecule has 1 atom stereocenters. The smallest absolute Gasteiger partial charge is 0.265 e. The zero-order valence-corrected chi connectivity index (χ0v) is 22.3. The van der Waals surface area contributed by atoms with Crippen LogP contribution in [0.15, 0.2) is 59.5 Å². The minimum atomic E-state index is -3.70. The van der Waals surface area contributed by atoms with Gasteiger partial charge in [0, 0.05) is 47.1 Å².